The lowest BCUT2D eigenvalue weighted by Gasteiger charge is -2.34. The van der Waals surface area contributed by atoms with Gasteiger partial charge in [-0.3, -0.25) is 9.89 Å². The lowest BCUT2D eigenvalue weighted by molar-refractivity contribution is 0.139. The van der Waals surface area contributed by atoms with Crippen LogP contribution >= 0.6 is 24.0 Å². The van der Waals surface area contributed by atoms with Gasteiger partial charge in [-0.25, -0.2) is 0 Å². The zero-order valence-electron chi connectivity index (χ0n) is 11.6. The van der Waals surface area contributed by atoms with Crippen molar-refractivity contribution in [3.05, 3.63) is 0 Å². The summed E-state index contributed by atoms with van der Waals surface area (Å²) in [5.41, 5.74) is 0. The summed E-state index contributed by atoms with van der Waals surface area (Å²) >= 11 is 0. The number of piperazine rings is 1. The van der Waals surface area contributed by atoms with Crippen LogP contribution in [0.25, 0.3) is 0 Å². The van der Waals surface area contributed by atoms with E-state index in [4.69, 9.17) is 0 Å². The Balaban J connectivity index is 0.00000162. The smallest absolute Gasteiger partial charge is 0.193 e. The van der Waals surface area contributed by atoms with Crippen LogP contribution in [0.4, 0.5) is 0 Å². The second-order valence-electron chi connectivity index (χ2n) is 4.83. The molecular weight excluding hydrogens is 341 g/mol. The van der Waals surface area contributed by atoms with Gasteiger partial charge in [-0.1, -0.05) is 6.92 Å². The monoisotopic (exact) mass is 367 g/mol. The molecular formula is C12H26IN5. The van der Waals surface area contributed by atoms with Crippen LogP contribution in [0.5, 0.6) is 0 Å². The standard InChI is InChI=1S/C12H25N5.HI/c1-3-16-8-10-17(11-9-16)7-5-14-12-13-4-6-15(12)2;/h3-11H2,1-2H3,(H,13,14);1H. The molecule has 0 bridgehead atoms. The Bertz CT molecular complexity index is 263. The molecule has 0 aromatic carbocycles. The molecule has 1 N–H and O–H groups in total. The summed E-state index contributed by atoms with van der Waals surface area (Å²) in [6.07, 6.45) is 0. The average Bonchev–Trinajstić information content (AvgIpc) is 2.76. The van der Waals surface area contributed by atoms with Crippen LogP contribution in [0.1, 0.15) is 6.92 Å². The zero-order chi connectivity index (χ0) is 12.1. The second-order valence-corrected chi connectivity index (χ2v) is 4.83. The maximum absolute atomic E-state index is 4.43. The Labute approximate surface area is 128 Å². The Morgan fingerprint density at radius 1 is 1.11 bits per heavy atom. The number of hydrogen-bond donors (Lipinski definition) is 1. The molecule has 5 nitrogen and oxygen atoms in total. The highest BCUT2D eigenvalue weighted by Crippen LogP contribution is 2.00. The Morgan fingerprint density at radius 3 is 2.33 bits per heavy atom. The first-order valence-electron chi connectivity index (χ1n) is 6.73. The van der Waals surface area contributed by atoms with Crippen molar-refractivity contribution in [2.45, 2.75) is 6.92 Å². The van der Waals surface area contributed by atoms with Gasteiger partial charge < -0.3 is 15.1 Å². The third kappa shape index (κ3) is 4.55. The van der Waals surface area contributed by atoms with Crippen molar-refractivity contribution in [1.82, 2.24) is 20.0 Å². The van der Waals surface area contributed by atoms with E-state index in [-0.39, 0.29) is 24.0 Å². The average molecular weight is 367 g/mol. The van der Waals surface area contributed by atoms with Crippen LogP contribution in [0.15, 0.2) is 4.99 Å². The van der Waals surface area contributed by atoms with Crippen molar-refractivity contribution in [3.63, 3.8) is 0 Å². The maximum Gasteiger partial charge on any atom is 0.193 e. The molecule has 0 amide bonds. The Hall–Kier alpha value is -0.0800. The van der Waals surface area contributed by atoms with Gasteiger partial charge in [-0.15, -0.1) is 24.0 Å². The SMILES string of the molecule is CCN1CCN(CCNC2=NCCN2C)CC1.I. The predicted octanol–water partition coefficient (Wildman–Crippen LogP) is 0.133. The number of rotatable bonds is 4. The molecule has 18 heavy (non-hydrogen) atoms. The van der Waals surface area contributed by atoms with Crippen molar-refractivity contribution in [1.29, 1.82) is 0 Å². The van der Waals surface area contributed by atoms with Gasteiger partial charge in [-0.05, 0) is 6.54 Å². The molecule has 0 aliphatic carbocycles. The number of nitrogens with one attached hydrogen (secondary N) is 1. The molecule has 0 saturated carbocycles. The minimum atomic E-state index is 0. The first-order valence-corrected chi connectivity index (χ1v) is 6.73. The van der Waals surface area contributed by atoms with E-state index in [1.165, 1.54) is 32.7 Å². The minimum Gasteiger partial charge on any atom is -0.355 e. The van der Waals surface area contributed by atoms with Crippen molar-refractivity contribution < 1.29 is 0 Å². The van der Waals surface area contributed by atoms with E-state index >= 15 is 0 Å². The molecule has 0 spiro atoms. The number of aliphatic imine (C=N–C) groups is 1. The summed E-state index contributed by atoms with van der Waals surface area (Å²) in [6, 6.07) is 0. The van der Waals surface area contributed by atoms with Gasteiger partial charge in [0.2, 0.25) is 0 Å². The van der Waals surface area contributed by atoms with Crippen LogP contribution in [-0.2, 0) is 0 Å². The molecule has 2 aliphatic rings. The normalized spacial score (nSPS) is 21.7. The highest BCUT2D eigenvalue weighted by Gasteiger charge is 2.16. The first kappa shape index (κ1) is 16.0. The van der Waals surface area contributed by atoms with Gasteiger partial charge in [0.25, 0.3) is 0 Å². The van der Waals surface area contributed by atoms with Gasteiger partial charge in [0, 0.05) is 52.9 Å². The minimum absolute atomic E-state index is 0. The number of nitrogens with zero attached hydrogens (tertiary/aromatic N) is 4. The zero-order valence-corrected chi connectivity index (χ0v) is 13.9. The summed E-state index contributed by atoms with van der Waals surface area (Å²) in [5, 5.41) is 3.42. The number of likely N-dealkylation sites (N-methyl/N-ethyl adjacent to an activating group) is 2. The molecule has 2 aliphatic heterocycles. The third-order valence-corrected chi connectivity index (χ3v) is 3.68. The molecule has 0 atom stereocenters. The van der Waals surface area contributed by atoms with Gasteiger partial charge in [0.1, 0.15) is 0 Å². The Kier molecular flexibility index (Phi) is 7.25. The van der Waals surface area contributed by atoms with Crippen molar-refractivity contribution in [2.24, 2.45) is 4.99 Å². The molecule has 0 unspecified atom stereocenters. The molecule has 0 radical (unpaired) electrons. The van der Waals surface area contributed by atoms with Crippen molar-refractivity contribution in [2.75, 3.05) is 66.0 Å². The van der Waals surface area contributed by atoms with Crippen LogP contribution in [0, 0.1) is 0 Å². The number of guanidine groups is 1. The molecule has 2 rings (SSSR count). The van der Waals surface area contributed by atoms with Gasteiger partial charge in [0.05, 0.1) is 6.54 Å². The van der Waals surface area contributed by atoms with Crippen LogP contribution in [-0.4, -0.2) is 86.6 Å². The number of hydrogen-bond acceptors (Lipinski definition) is 5. The summed E-state index contributed by atoms with van der Waals surface area (Å²) in [5.74, 6) is 1.07. The summed E-state index contributed by atoms with van der Waals surface area (Å²) in [6.45, 7) is 12.4. The number of halogens is 1. The van der Waals surface area contributed by atoms with Crippen LogP contribution < -0.4 is 5.32 Å². The largest absolute Gasteiger partial charge is 0.355 e. The molecule has 0 aromatic heterocycles. The summed E-state index contributed by atoms with van der Waals surface area (Å²) in [7, 11) is 2.10. The van der Waals surface area contributed by atoms with Gasteiger partial charge in [-0.2, -0.15) is 0 Å². The van der Waals surface area contributed by atoms with E-state index in [2.05, 4.69) is 39.0 Å². The topological polar surface area (TPSA) is 34.1 Å². The van der Waals surface area contributed by atoms with Crippen LogP contribution in [0.2, 0.25) is 0 Å². The van der Waals surface area contributed by atoms with E-state index in [1.54, 1.807) is 0 Å². The lowest BCUT2D eigenvalue weighted by atomic mass is 10.3. The van der Waals surface area contributed by atoms with Gasteiger partial charge >= 0.3 is 0 Å². The fraction of sp³-hybridized carbons (Fsp3) is 0.917. The molecule has 1 fully saturated rings. The molecule has 106 valence electrons. The fourth-order valence-electron chi connectivity index (χ4n) is 2.38. The van der Waals surface area contributed by atoms with E-state index in [0.29, 0.717) is 0 Å². The van der Waals surface area contributed by atoms with E-state index < -0.39 is 0 Å². The predicted molar refractivity (Wildman–Crippen MR) is 86.9 cm³/mol. The fourth-order valence-corrected chi connectivity index (χ4v) is 2.38. The third-order valence-electron chi connectivity index (χ3n) is 3.68. The summed E-state index contributed by atoms with van der Waals surface area (Å²) in [4.78, 5) is 11.7. The first-order chi connectivity index (χ1) is 8.29. The van der Waals surface area contributed by atoms with Crippen molar-refractivity contribution >= 4 is 29.9 Å². The van der Waals surface area contributed by atoms with E-state index in [1.807, 2.05) is 0 Å². The molecule has 2 heterocycles. The molecule has 0 aromatic rings. The lowest BCUT2D eigenvalue weighted by Crippen LogP contribution is -2.48. The summed E-state index contributed by atoms with van der Waals surface area (Å²) < 4.78 is 0. The maximum atomic E-state index is 4.43. The van der Waals surface area contributed by atoms with Gasteiger partial charge in [0.15, 0.2) is 5.96 Å². The molecule has 1 saturated heterocycles. The van der Waals surface area contributed by atoms with E-state index in [0.717, 1.165) is 32.1 Å². The van der Waals surface area contributed by atoms with Crippen LogP contribution in [0.3, 0.4) is 0 Å². The second kappa shape index (κ2) is 8.16. The quantitative estimate of drug-likeness (QED) is 0.717. The highest BCUT2D eigenvalue weighted by atomic mass is 127. The molecule has 6 heteroatoms. The van der Waals surface area contributed by atoms with E-state index in [9.17, 15) is 0 Å². The highest BCUT2D eigenvalue weighted by molar-refractivity contribution is 14.0. The Morgan fingerprint density at radius 2 is 1.78 bits per heavy atom. The van der Waals surface area contributed by atoms with Crippen molar-refractivity contribution in [3.8, 4) is 0 Å².